The molecule has 0 saturated carbocycles. The number of rotatable bonds is 6. The lowest BCUT2D eigenvalue weighted by atomic mass is 10.2. The van der Waals surface area contributed by atoms with E-state index in [0.29, 0.717) is 24.0 Å². The van der Waals surface area contributed by atoms with Crippen molar-refractivity contribution in [2.75, 3.05) is 12.4 Å². The van der Waals surface area contributed by atoms with Crippen molar-refractivity contribution in [3.05, 3.63) is 60.3 Å². The summed E-state index contributed by atoms with van der Waals surface area (Å²) in [5.74, 6) is 1.63. The van der Waals surface area contributed by atoms with E-state index in [0.717, 1.165) is 28.8 Å². The first-order valence-corrected chi connectivity index (χ1v) is 9.67. The van der Waals surface area contributed by atoms with Gasteiger partial charge in [0, 0.05) is 42.5 Å². The van der Waals surface area contributed by atoms with Crippen LogP contribution in [-0.4, -0.2) is 37.4 Å². The predicted molar refractivity (Wildman–Crippen MR) is 114 cm³/mol. The average Bonchev–Trinajstić information content (AvgIpc) is 3.31. The van der Waals surface area contributed by atoms with Crippen LogP contribution in [0.2, 0.25) is 0 Å². The zero-order valence-electron chi connectivity index (χ0n) is 17.1. The quantitative estimate of drug-likeness (QED) is 0.509. The second-order valence-electron chi connectivity index (χ2n) is 6.80. The highest BCUT2D eigenvalue weighted by atomic mass is 16.5. The van der Waals surface area contributed by atoms with Crippen LogP contribution >= 0.6 is 0 Å². The van der Waals surface area contributed by atoms with Crippen molar-refractivity contribution in [2.45, 2.75) is 26.9 Å². The smallest absolute Gasteiger partial charge is 0.331 e. The summed E-state index contributed by atoms with van der Waals surface area (Å²) in [6.45, 7) is 5.34. The van der Waals surface area contributed by atoms with Crippen LogP contribution in [0, 0.1) is 6.92 Å². The lowest BCUT2D eigenvalue weighted by molar-refractivity contribution is 0.254. The van der Waals surface area contributed by atoms with E-state index in [2.05, 4.69) is 25.7 Å². The zero-order chi connectivity index (χ0) is 21.1. The fourth-order valence-corrected chi connectivity index (χ4v) is 3.25. The summed E-state index contributed by atoms with van der Waals surface area (Å²) in [5.41, 5.74) is 2.60. The average molecular weight is 405 g/mol. The minimum atomic E-state index is -0.271. The predicted octanol–water partition coefficient (Wildman–Crippen LogP) is 3.55. The number of ether oxygens (including phenoxy) is 1. The van der Waals surface area contributed by atoms with Crippen molar-refractivity contribution in [1.29, 1.82) is 0 Å². The van der Waals surface area contributed by atoms with Crippen molar-refractivity contribution in [3.8, 4) is 11.6 Å². The largest absolute Gasteiger partial charge is 0.439 e. The van der Waals surface area contributed by atoms with Crippen LogP contribution in [0.3, 0.4) is 0 Å². The SMILES string of the molecule is CCn1nc(NC(=O)n2ccc3cc(Oc4cc(CNC)ncn4)ccc32)cc1C. The summed E-state index contributed by atoms with van der Waals surface area (Å²) >= 11 is 0. The summed E-state index contributed by atoms with van der Waals surface area (Å²) < 4.78 is 9.25. The zero-order valence-corrected chi connectivity index (χ0v) is 17.1. The molecule has 0 bridgehead atoms. The molecular weight excluding hydrogens is 382 g/mol. The van der Waals surface area contributed by atoms with Crippen LogP contribution in [0.25, 0.3) is 10.9 Å². The maximum Gasteiger partial charge on any atom is 0.331 e. The number of hydrogen-bond donors (Lipinski definition) is 2. The van der Waals surface area contributed by atoms with Crippen molar-refractivity contribution >= 4 is 22.8 Å². The monoisotopic (exact) mass is 405 g/mol. The Labute approximate surface area is 173 Å². The first-order chi connectivity index (χ1) is 14.6. The number of aromatic nitrogens is 5. The molecule has 4 rings (SSSR count). The second-order valence-corrected chi connectivity index (χ2v) is 6.80. The third-order valence-electron chi connectivity index (χ3n) is 4.68. The Hall–Kier alpha value is -3.72. The molecule has 0 saturated heterocycles. The Morgan fingerprint density at radius 1 is 1.17 bits per heavy atom. The number of hydrogen-bond acceptors (Lipinski definition) is 6. The van der Waals surface area contributed by atoms with Gasteiger partial charge in [0.15, 0.2) is 5.82 Å². The first kappa shape index (κ1) is 19.6. The number of fused-ring (bicyclic) bond motifs is 1. The summed E-state index contributed by atoms with van der Waals surface area (Å²) in [6, 6.07) is 10.8. The van der Waals surface area contributed by atoms with Gasteiger partial charge in [-0.1, -0.05) is 0 Å². The van der Waals surface area contributed by atoms with E-state index in [1.807, 2.05) is 55.9 Å². The lowest BCUT2D eigenvalue weighted by Crippen LogP contribution is -2.18. The van der Waals surface area contributed by atoms with Gasteiger partial charge in [-0.05, 0) is 45.2 Å². The van der Waals surface area contributed by atoms with E-state index >= 15 is 0 Å². The van der Waals surface area contributed by atoms with Crippen LogP contribution in [0.4, 0.5) is 10.6 Å². The van der Waals surface area contributed by atoms with Gasteiger partial charge in [0.05, 0.1) is 11.2 Å². The maximum absolute atomic E-state index is 12.7. The number of aryl methyl sites for hydroxylation is 2. The molecule has 0 spiro atoms. The maximum atomic E-state index is 12.7. The third-order valence-corrected chi connectivity index (χ3v) is 4.68. The molecule has 1 aromatic carbocycles. The molecule has 154 valence electrons. The van der Waals surface area contributed by atoms with E-state index in [-0.39, 0.29) is 6.03 Å². The number of anilines is 1. The number of amides is 1. The van der Waals surface area contributed by atoms with E-state index in [9.17, 15) is 4.79 Å². The van der Waals surface area contributed by atoms with Gasteiger partial charge >= 0.3 is 6.03 Å². The van der Waals surface area contributed by atoms with E-state index in [1.54, 1.807) is 16.8 Å². The number of nitrogens with one attached hydrogen (secondary N) is 2. The van der Waals surface area contributed by atoms with Crippen LogP contribution in [0.5, 0.6) is 11.6 Å². The van der Waals surface area contributed by atoms with E-state index in [1.165, 1.54) is 6.33 Å². The molecule has 3 aromatic heterocycles. The normalized spacial score (nSPS) is 11.0. The molecule has 0 aliphatic carbocycles. The number of benzene rings is 1. The molecule has 0 aliphatic rings. The summed E-state index contributed by atoms with van der Waals surface area (Å²) in [7, 11) is 1.86. The Kier molecular flexibility index (Phi) is 5.44. The number of nitrogens with zero attached hydrogens (tertiary/aromatic N) is 5. The fraction of sp³-hybridized carbons (Fsp3) is 0.238. The highest BCUT2D eigenvalue weighted by Gasteiger charge is 2.13. The second kappa shape index (κ2) is 8.34. The van der Waals surface area contributed by atoms with E-state index in [4.69, 9.17) is 4.74 Å². The van der Waals surface area contributed by atoms with Crippen molar-refractivity contribution in [3.63, 3.8) is 0 Å². The molecular formula is C21H23N7O2. The molecule has 30 heavy (non-hydrogen) atoms. The molecule has 9 nitrogen and oxygen atoms in total. The van der Waals surface area contributed by atoms with Crippen LogP contribution < -0.4 is 15.4 Å². The topological polar surface area (TPSA) is 98.9 Å². The van der Waals surface area contributed by atoms with Crippen LogP contribution in [-0.2, 0) is 13.1 Å². The van der Waals surface area contributed by atoms with Gasteiger partial charge in [0.25, 0.3) is 0 Å². The number of carbonyl (C=O) groups excluding carboxylic acids is 1. The van der Waals surface area contributed by atoms with E-state index < -0.39 is 0 Å². The summed E-state index contributed by atoms with van der Waals surface area (Å²) in [5, 5.41) is 11.1. The standard InChI is InChI=1S/C21H23N7O2/c1-4-28-14(2)9-19(26-28)25-21(29)27-8-7-15-10-17(5-6-18(15)27)30-20-11-16(12-22-3)23-13-24-20/h5-11,13,22H,4,12H2,1-3H3,(H,25,26,29). The molecule has 4 aromatic rings. The van der Waals surface area contributed by atoms with Crippen LogP contribution in [0.1, 0.15) is 18.3 Å². The molecule has 0 unspecified atom stereocenters. The molecule has 2 N–H and O–H groups in total. The number of carbonyl (C=O) groups is 1. The van der Waals surface area contributed by atoms with Crippen molar-refractivity contribution < 1.29 is 9.53 Å². The van der Waals surface area contributed by atoms with Crippen LogP contribution in [0.15, 0.2) is 48.9 Å². The van der Waals surface area contributed by atoms with Gasteiger partial charge < -0.3 is 10.1 Å². The lowest BCUT2D eigenvalue weighted by Gasteiger charge is -2.08. The third kappa shape index (κ3) is 4.01. The van der Waals surface area contributed by atoms with Gasteiger partial charge in [-0.3, -0.25) is 14.6 Å². The van der Waals surface area contributed by atoms with Gasteiger partial charge in [0.1, 0.15) is 12.1 Å². The van der Waals surface area contributed by atoms with Gasteiger partial charge in [-0.2, -0.15) is 5.10 Å². The Balaban J connectivity index is 1.53. The molecule has 9 heteroatoms. The van der Waals surface area contributed by atoms with Gasteiger partial charge in [-0.25, -0.2) is 14.8 Å². The Bertz CT molecular complexity index is 1200. The van der Waals surface area contributed by atoms with Crippen molar-refractivity contribution in [2.24, 2.45) is 0 Å². The minimum Gasteiger partial charge on any atom is -0.439 e. The minimum absolute atomic E-state index is 0.271. The molecule has 0 atom stereocenters. The highest BCUT2D eigenvalue weighted by molar-refractivity contribution is 5.98. The van der Waals surface area contributed by atoms with Gasteiger partial charge in [-0.15, -0.1) is 0 Å². The first-order valence-electron chi connectivity index (χ1n) is 9.67. The Morgan fingerprint density at radius 3 is 2.80 bits per heavy atom. The molecule has 0 fully saturated rings. The molecule has 0 radical (unpaired) electrons. The molecule has 0 aliphatic heterocycles. The molecule has 3 heterocycles. The molecule has 1 amide bonds. The summed E-state index contributed by atoms with van der Waals surface area (Å²) in [4.78, 5) is 21.1. The highest BCUT2D eigenvalue weighted by Crippen LogP contribution is 2.26. The van der Waals surface area contributed by atoms with Crippen molar-refractivity contribution in [1.82, 2.24) is 29.6 Å². The van der Waals surface area contributed by atoms with Gasteiger partial charge in [0.2, 0.25) is 5.88 Å². The Morgan fingerprint density at radius 2 is 2.03 bits per heavy atom. The summed E-state index contributed by atoms with van der Waals surface area (Å²) in [6.07, 6.45) is 3.20. The fourth-order valence-electron chi connectivity index (χ4n) is 3.25.